The van der Waals surface area contributed by atoms with E-state index < -0.39 is 0 Å². The first-order chi connectivity index (χ1) is 7.36. The summed E-state index contributed by atoms with van der Waals surface area (Å²) in [7, 11) is 0. The van der Waals surface area contributed by atoms with Gasteiger partial charge in [0.25, 0.3) is 0 Å². The number of carbonyl (C=O) groups excluding carboxylic acids is 1. The van der Waals surface area contributed by atoms with E-state index in [1.54, 1.807) is 18.6 Å². The molecule has 0 radical (unpaired) electrons. The number of hydrogen-bond donors (Lipinski definition) is 2. The van der Waals surface area contributed by atoms with Crippen LogP contribution in [-0.4, -0.2) is 28.5 Å². The molecule has 1 aromatic heterocycles. The van der Waals surface area contributed by atoms with Crippen molar-refractivity contribution >= 4 is 11.7 Å². The first-order valence-electron chi connectivity index (χ1n) is 5.16. The lowest BCUT2D eigenvalue weighted by Gasteiger charge is -2.14. The molecule has 2 rings (SSSR count). The van der Waals surface area contributed by atoms with Crippen molar-refractivity contribution in [2.75, 3.05) is 11.9 Å². The second-order valence-corrected chi connectivity index (χ2v) is 3.57. The third-order valence-electron chi connectivity index (χ3n) is 2.42. The minimum absolute atomic E-state index is 0.0538. The highest BCUT2D eigenvalue weighted by Crippen LogP contribution is 2.10. The van der Waals surface area contributed by atoms with Gasteiger partial charge < -0.3 is 10.6 Å². The van der Waals surface area contributed by atoms with Crippen LogP contribution in [0.1, 0.15) is 19.3 Å². The van der Waals surface area contributed by atoms with Gasteiger partial charge in [-0.2, -0.15) is 0 Å². The quantitative estimate of drug-likeness (QED) is 0.742. The predicted molar refractivity (Wildman–Crippen MR) is 56.3 cm³/mol. The fourth-order valence-electron chi connectivity index (χ4n) is 1.63. The van der Waals surface area contributed by atoms with Crippen LogP contribution in [0.3, 0.4) is 0 Å². The number of amides is 1. The van der Waals surface area contributed by atoms with Crippen molar-refractivity contribution in [1.29, 1.82) is 0 Å². The zero-order chi connectivity index (χ0) is 10.5. The Morgan fingerprint density at radius 2 is 2.33 bits per heavy atom. The van der Waals surface area contributed by atoms with Gasteiger partial charge in [0, 0.05) is 18.9 Å². The van der Waals surface area contributed by atoms with Crippen LogP contribution in [0, 0.1) is 0 Å². The number of carbonyl (C=O) groups is 1. The van der Waals surface area contributed by atoms with Crippen molar-refractivity contribution in [3.8, 4) is 0 Å². The molecule has 0 aromatic carbocycles. The zero-order valence-corrected chi connectivity index (χ0v) is 8.44. The molecule has 0 aliphatic carbocycles. The summed E-state index contributed by atoms with van der Waals surface area (Å²) in [4.78, 5) is 19.6. The van der Waals surface area contributed by atoms with E-state index in [1.807, 2.05) is 0 Å². The average Bonchev–Trinajstić information content (AvgIpc) is 2.46. The zero-order valence-electron chi connectivity index (χ0n) is 8.44. The Bertz CT molecular complexity index is 327. The molecule has 1 aliphatic rings. The lowest BCUT2D eigenvalue weighted by atomic mass is 10.1. The molecule has 2 N–H and O–H groups in total. The number of nitrogens with one attached hydrogen (secondary N) is 2. The van der Waals surface area contributed by atoms with E-state index >= 15 is 0 Å². The van der Waals surface area contributed by atoms with Crippen molar-refractivity contribution in [2.24, 2.45) is 0 Å². The molecule has 1 fully saturated rings. The summed E-state index contributed by atoms with van der Waals surface area (Å²) in [5.74, 6) is 0.706. The van der Waals surface area contributed by atoms with E-state index in [1.165, 1.54) is 0 Å². The summed E-state index contributed by atoms with van der Waals surface area (Å²) in [6.45, 7) is 0.775. The Hall–Kier alpha value is -1.65. The smallest absolute Gasteiger partial charge is 0.242 e. The van der Waals surface area contributed by atoms with Crippen LogP contribution in [0.25, 0.3) is 0 Å². The van der Waals surface area contributed by atoms with Crippen molar-refractivity contribution in [2.45, 2.75) is 25.3 Å². The standard InChI is InChI=1S/C10H14N4O/c15-10-8(3-1-2-4-13-10)14-9-7-11-5-6-12-9/h5-8H,1-4H2,(H,12,14)(H,13,15)/t8-/m0/s1. The van der Waals surface area contributed by atoms with Crippen LogP contribution in [-0.2, 0) is 4.79 Å². The van der Waals surface area contributed by atoms with E-state index in [-0.39, 0.29) is 11.9 Å². The Morgan fingerprint density at radius 1 is 1.40 bits per heavy atom. The van der Waals surface area contributed by atoms with Gasteiger partial charge in [-0.15, -0.1) is 0 Å². The van der Waals surface area contributed by atoms with E-state index in [9.17, 15) is 4.79 Å². The maximum absolute atomic E-state index is 11.6. The molecule has 15 heavy (non-hydrogen) atoms. The lowest BCUT2D eigenvalue weighted by Crippen LogP contribution is -2.38. The molecule has 80 valence electrons. The van der Waals surface area contributed by atoms with Gasteiger partial charge >= 0.3 is 0 Å². The largest absolute Gasteiger partial charge is 0.357 e. The van der Waals surface area contributed by atoms with Crippen LogP contribution in [0.15, 0.2) is 18.6 Å². The first-order valence-corrected chi connectivity index (χ1v) is 5.16. The molecular weight excluding hydrogens is 192 g/mol. The van der Waals surface area contributed by atoms with E-state index in [2.05, 4.69) is 20.6 Å². The molecule has 0 unspecified atom stereocenters. The van der Waals surface area contributed by atoms with Gasteiger partial charge in [-0.05, 0) is 19.3 Å². The second-order valence-electron chi connectivity index (χ2n) is 3.57. The first kappa shape index (κ1) is 9.89. The van der Waals surface area contributed by atoms with Crippen LogP contribution < -0.4 is 10.6 Å². The molecular formula is C10H14N4O. The average molecular weight is 206 g/mol. The fourth-order valence-corrected chi connectivity index (χ4v) is 1.63. The Balaban J connectivity index is 2.01. The molecule has 1 aromatic rings. The van der Waals surface area contributed by atoms with E-state index in [0.29, 0.717) is 5.82 Å². The number of anilines is 1. The maximum atomic E-state index is 11.6. The van der Waals surface area contributed by atoms with Gasteiger partial charge in [-0.1, -0.05) is 0 Å². The Morgan fingerprint density at radius 3 is 3.13 bits per heavy atom. The van der Waals surface area contributed by atoms with Gasteiger partial charge in [-0.25, -0.2) is 4.98 Å². The van der Waals surface area contributed by atoms with E-state index in [4.69, 9.17) is 0 Å². The molecule has 1 saturated heterocycles. The van der Waals surface area contributed by atoms with Gasteiger partial charge in [0.1, 0.15) is 11.9 Å². The molecule has 1 aliphatic heterocycles. The van der Waals surface area contributed by atoms with E-state index in [0.717, 1.165) is 25.8 Å². The minimum atomic E-state index is -0.177. The van der Waals surface area contributed by atoms with Crippen molar-refractivity contribution in [3.63, 3.8) is 0 Å². The number of nitrogens with zero attached hydrogens (tertiary/aromatic N) is 2. The molecule has 0 spiro atoms. The highest BCUT2D eigenvalue weighted by Gasteiger charge is 2.20. The summed E-state index contributed by atoms with van der Waals surface area (Å²) in [5, 5.41) is 5.95. The third kappa shape index (κ3) is 2.65. The van der Waals surface area contributed by atoms with Crippen LogP contribution in [0.2, 0.25) is 0 Å². The Labute approximate surface area is 88.3 Å². The minimum Gasteiger partial charge on any atom is -0.357 e. The predicted octanol–water partition coefficient (Wildman–Crippen LogP) is 0.557. The molecule has 5 nitrogen and oxygen atoms in total. The van der Waals surface area contributed by atoms with Gasteiger partial charge in [0.05, 0.1) is 6.20 Å². The molecule has 1 atom stereocenters. The normalized spacial score (nSPS) is 21.6. The second kappa shape index (κ2) is 4.72. The summed E-state index contributed by atoms with van der Waals surface area (Å²) >= 11 is 0. The summed E-state index contributed by atoms with van der Waals surface area (Å²) in [6, 6.07) is -0.177. The lowest BCUT2D eigenvalue weighted by molar-refractivity contribution is -0.121. The fraction of sp³-hybridized carbons (Fsp3) is 0.500. The number of aromatic nitrogens is 2. The van der Waals surface area contributed by atoms with Crippen molar-refractivity contribution in [3.05, 3.63) is 18.6 Å². The maximum Gasteiger partial charge on any atom is 0.242 e. The summed E-state index contributed by atoms with van der Waals surface area (Å²) in [6.07, 6.45) is 7.79. The highest BCUT2D eigenvalue weighted by atomic mass is 16.2. The van der Waals surface area contributed by atoms with Crippen LogP contribution in [0.4, 0.5) is 5.82 Å². The monoisotopic (exact) mass is 206 g/mol. The van der Waals surface area contributed by atoms with Crippen molar-refractivity contribution < 1.29 is 4.79 Å². The molecule has 5 heteroatoms. The third-order valence-corrected chi connectivity index (χ3v) is 2.42. The Kier molecular flexibility index (Phi) is 3.11. The van der Waals surface area contributed by atoms with Crippen molar-refractivity contribution in [1.82, 2.24) is 15.3 Å². The number of rotatable bonds is 2. The molecule has 0 saturated carbocycles. The number of hydrogen-bond acceptors (Lipinski definition) is 4. The topological polar surface area (TPSA) is 66.9 Å². The van der Waals surface area contributed by atoms with Gasteiger partial charge in [-0.3, -0.25) is 9.78 Å². The van der Waals surface area contributed by atoms with Crippen LogP contribution >= 0.6 is 0 Å². The molecule has 2 heterocycles. The SMILES string of the molecule is O=C1NCCCC[C@@H]1Nc1cnccn1. The summed E-state index contributed by atoms with van der Waals surface area (Å²) in [5.41, 5.74) is 0. The molecule has 1 amide bonds. The van der Waals surface area contributed by atoms with Gasteiger partial charge in [0.2, 0.25) is 5.91 Å². The molecule has 0 bridgehead atoms. The van der Waals surface area contributed by atoms with Gasteiger partial charge in [0.15, 0.2) is 0 Å². The highest BCUT2D eigenvalue weighted by molar-refractivity contribution is 5.84. The summed E-state index contributed by atoms with van der Waals surface area (Å²) < 4.78 is 0. The van der Waals surface area contributed by atoms with Crippen LogP contribution in [0.5, 0.6) is 0 Å².